The Kier molecular flexibility index (Phi) is 11.3. The Morgan fingerprint density at radius 2 is 1.70 bits per heavy atom. The van der Waals surface area contributed by atoms with Crippen LogP contribution in [0.4, 0.5) is 10.7 Å². The van der Waals surface area contributed by atoms with Crippen molar-refractivity contribution in [1.29, 1.82) is 5.26 Å². The molecule has 0 saturated heterocycles. The van der Waals surface area contributed by atoms with E-state index in [4.69, 9.17) is 0 Å². The zero-order chi connectivity index (χ0) is 33.3. The molecule has 0 fully saturated rings. The number of carbonyl (C=O) groups excluding carboxylic acids is 3. The predicted octanol–water partition coefficient (Wildman–Crippen LogP) is 8.54. The van der Waals surface area contributed by atoms with E-state index in [0.717, 1.165) is 41.7 Å². The van der Waals surface area contributed by atoms with Gasteiger partial charge < -0.3 is 16.0 Å². The number of nitriles is 1. The van der Waals surface area contributed by atoms with Gasteiger partial charge in [-0.1, -0.05) is 69.3 Å². The summed E-state index contributed by atoms with van der Waals surface area (Å²) < 4.78 is 0. The molecule has 240 valence electrons. The molecule has 0 saturated carbocycles. The third kappa shape index (κ3) is 8.59. The summed E-state index contributed by atoms with van der Waals surface area (Å²) in [5, 5.41) is 18.8. The van der Waals surface area contributed by atoms with E-state index in [-0.39, 0.29) is 11.6 Å². The van der Waals surface area contributed by atoms with Gasteiger partial charge in [-0.15, -0.1) is 23.1 Å². The van der Waals surface area contributed by atoms with Crippen LogP contribution in [0.5, 0.6) is 0 Å². The lowest BCUT2D eigenvalue weighted by molar-refractivity contribution is -0.116. The number of aryl methyl sites for hydroxylation is 1. The van der Waals surface area contributed by atoms with Crippen molar-refractivity contribution < 1.29 is 14.4 Å². The Hall–Kier alpha value is -4.65. The minimum Gasteiger partial charge on any atom is -0.321 e. The van der Waals surface area contributed by atoms with Crippen molar-refractivity contribution in [2.24, 2.45) is 0 Å². The summed E-state index contributed by atoms with van der Waals surface area (Å²) in [5.41, 5.74) is 4.71. The van der Waals surface area contributed by atoms with Gasteiger partial charge in [-0.05, 0) is 91.1 Å². The largest absolute Gasteiger partial charge is 0.321 e. The number of nitrogens with one attached hydrogen (secondary N) is 3. The summed E-state index contributed by atoms with van der Waals surface area (Å²) in [5.74, 6) is -0.648. The van der Waals surface area contributed by atoms with Crippen LogP contribution in [0.1, 0.15) is 83.4 Å². The highest BCUT2D eigenvalue weighted by atomic mass is 32.2. The SMILES string of the molecule is CCC(Sc1cccc(NC(=O)/C(=C\c2ccc(C(C)C)cc2)NC(=O)c2ccccc2)c1)C(=O)Nc1sc2c(c1C#N)CCCC2. The lowest BCUT2D eigenvalue weighted by atomic mass is 9.96. The van der Waals surface area contributed by atoms with Gasteiger partial charge in [0.15, 0.2) is 0 Å². The number of thioether (sulfide) groups is 1. The van der Waals surface area contributed by atoms with Crippen molar-refractivity contribution in [3.63, 3.8) is 0 Å². The predicted molar refractivity (Wildman–Crippen MR) is 192 cm³/mol. The minimum absolute atomic E-state index is 0.104. The molecule has 0 bridgehead atoms. The van der Waals surface area contributed by atoms with Crippen LogP contribution in [0.25, 0.3) is 6.08 Å². The van der Waals surface area contributed by atoms with Crippen LogP contribution in [-0.2, 0) is 22.4 Å². The summed E-state index contributed by atoms with van der Waals surface area (Å²) in [6, 6.07) is 26.2. The molecule has 0 spiro atoms. The first-order valence-corrected chi connectivity index (χ1v) is 17.6. The lowest BCUT2D eigenvalue weighted by Crippen LogP contribution is -2.30. The molecule has 7 nitrogen and oxygen atoms in total. The number of thiophene rings is 1. The van der Waals surface area contributed by atoms with Crippen molar-refractivity contribution in [3.05, 3.63) is 117 Å². The molecule has 4 aromatic rings. The Balaban J connectivity index is 1.31. The van der Waals surface area contributed by atoms with Gasteiger partial charge in [0, 0.05) is 21.0 Å². The number of fused-ring (bicyclic) bond motifs is 1. The van der Waals surface area contributed by atoms with E-state index < -0.39 is 17.1 Å². The molecule has 1 atom stereocenters. The second-order valence-corrected chi connectivity index (χ2v) is 14.1. The van der Waals surface area contributed by atoms with Gasteiger partial charge in [0.1, 0.15) is 16.8 Å². The number of hydrogen-bond acceptors (Lipinski definition) is 6. The average Bonchev–Trinajstić information content (AvgIpc) is 3.44. The van der Waals surface area contributed by atoms with Gasteiger partial charge in [0.05, 0.1) is 10.8 Å². The van der Waals surface area contributed by atoms with Gasteiger partial charge in [-0.2, -0.15) is 5.26 Å². The number of amides is 3. The van der Waals surface area contributed by atoms with E-state index >= 15 is 0 Å². The molecule has 1 aromatic heterocycles. The summed E-state index contributed by atoms with van der Waals surface area (Å²) in [6.07, 6.45) is 6.24. The fourth-order valence-corrected chi connectivity index (χ4v) is 7.64. The molecule has 9 heteroatoms. The maximum Gasteiger partial charge on any atom is 0.272 e. The molecule has 1 heterocycles. The number of hydrogen-bond donors (Lipinski definition) is 3. The van der Waals surface area contributed by atoms with Crippen molar-refractivity contribution in [2.75, 3.05) is 10.6 Å². The smallest absolute Gasteiger partial charge is 0.272 e. The van der Waals surface area contributed by atoms with Crippen LogP contribution in [0, 0.1) is 11.3 Å². The van der Waals surface area contributed by atoms with Crippen LogP contribution in [-0.4, -0.2) is 23.0 Å². The molecule has 0 radical (unpaired) electrons. The fourth-order valence-electron chi connectivity index (χ4n) is 5.38. The number of benzene rings is 3. The highest BCUT2D eigenvalue weighted by molar-refractivity contribution is 8.00. The number of anilines is 2. The van der Waals surface area contributed by atoms with Crippen molar-refractivity contribution in [1.82, 2.24) is 5.32 Å². The van der Waals surface area contributed by atoms with Gasteiger partial charge in [-0.3, -0.25) is 14.4 Å². The van der Waals surface area contributed by atoms with Crippen LogP contribution in [0.3, 0.4) is 0 Å². The molecule has 5 rings (SSSR count). The molecule has 1 aliphatic rings. The number of carbonyl (C=O) groups is 3. The average molecular weight is 663 g/mol. The van der Waals surface area contributed by atoms with Crippen molar-refractivity contribution in [2.45, 2.75) is 68.9 Å². The highest BCUT2D eigenvalue weighted by Crippen LogP contribution is 2.38. The Morgan fingerprint density at radius 1 is 0.957 bits per heavy atom. The second kappa shape index (κ2) is 15.8. The zero-order valence-corrected chi connectivity index (χ0v) is 28.4. The molecule has 47 heavy (non-hydrogen) atoms. The highest BCUT2D eigenvalue weighted by Gasteiger charge is 2.25. The van der Waals surface area contributed by atoms with Gasteiger partial charge in [0.25, 0.3) is 11.8 Å². The van der Waals surface area contributed by atoms with E-state index in [1.165, 1.54) is 33.5 Å². The van der Waals surface area contributed by atoms with Crippen molar-refractivity contribution >= 4 is 57.6 Å². The first-order valence-electron chi connectivity index (χ1n) is 15.9. The minimum atomic E-state index is -0.472. The lowest BCUT2D eigenvalue weighted by Gasteiger charge is -2.16. The van der Waals surface area contributed by atoms with Crippen LogP contribution in [0.15, 0.2) is 89.5 Å². The monoisotopic (exact) mass is 662 g/mol. The zero-order valence-electron chi connectivity index (χ0n) is 26.8. The summed E-state index contributed by atoms with van der Waals surface area (Å²) in [6.45, 7) is 6.19. The summed E-state index contributed by atoms with van der Waals surface area (Å²) in [4.78, 5) is 42.1. The molecule has 3 amide bonds. The van der Waals surface area contributed by atoms with E-state index in [2.05, 4.69) is 35.9 Å². The third-order valence-electron chi connectivity index (χ3n) is 8.00. The van der Waals surface area contributed by atoms with E-state index in [1.807, 2.05) is 55.5 Å². The Labute approximate surface area is 284 Å². The topological polar surface area (TPSA) is 111 Å². The van der Waals surface area contributed by atoms with Crippen molar-refractivity contribution in [3.8, 4) is 6.07 Å². The first kappa shape index (κ1) is 33.7. The van der Waals surface area contributed by atoms with Crippen LogP contribution in [0.2, 0.25) is 0 Å². The molecule has 3 aromatic carbocycles. The molecular weight excluding hydrogens is 625 g/mol. The Bertz CT molecular complexity index is 1820. The summed E-state index contributed by atoms with van der Waals surface area (Å²) >= 11 is 2.92. The molecule has 3 N–H and O–H groups in total. The third-order valence-corrected chi connectivity index (χ3v) is 10.6. The van der Waals surface area contributed by atoms with E-state index in [9.17, 15) is 19.6 Å². The number of rotatable bonds is 11. The molecule has 1 unspecified atom stereocenters. The van der Waals surface area contributed by atoms with Gasteiger partial charge in [-0.25, -0.2) is 0 Å². The Morgan fingerprint density at radius 3 is 2.40 bits per heavy atom. The number of nitrogens with zero attached hydrogens (tertiary/aromatic N) is 1. The fraction of sp³-hybridized carbons (Fsp3) is 0.263. The molecular formula is C38H38N4O3S2. The second-order valence-electron chi connectivity index (χ2n) is 11.7. The molecule has 1 aliphatic carbocycles. The summed E-state index contributed by atoms with van der Waals surface area (Å²) in [7, 11) is 0. The normalized spacial score (nSPS) is 13.3. The van der Waals surface area contributed by atoms with E-state index in [1.54, 1.807) is 36.4 Å². The standard InChI is InChI=1S/C38H38N4O3S2/c1-4-33(37(45)42-38-31(23-39)30-15-8-9-16-34(30)47-38)46-29-14-10-13-28(22-29)40-36(44)32(41-35(43)27-11-6-5-7-12-27)21-25-17-19-26(20-18-25)24(2)3/h5-7,10-14,17-22,24,33H,4,8-9,15-16H2,1-3H3,(H,40,44)(H,41,43)(H,42,45)/b32-21+. The molecule has 0 aliphatic heterocycles. The quantitative estimate of drug-likeness (QED) is 0.110. The van der Waals surface area contributed by atoms with Gasteiger partial charge in [0.2, 0.25) is 5.91 Å². The van der Waals surface area contributed by atoms with Crippen LogP contribution < -0.4 is 16.0 Å². The maximum absolute atomic E-state index is 13.6. The van der Waals surface area contributed by atoms with Crippen LogP contribution >= 0.6 is 23.1 Å². The van der Waals surface area contributed by atoms with Gasteiger partial charge >= 0.3 is 0 Å². The van der Waals surface area contributed by atoms with E-state index in [0.29, 0.717) is 34.2 Å². The maximum atomic E-state index is 13.6. The first-order chi connectivity index (χ1) is 22.7.